The van der Waals surface area contributed by atoms with Gasteiger partial charge in [-0.05, 0) is 36.8 Å². The van der Waals surface area contributed by atoms with Gasteiger partial charge in [0.1, 0.15) is 5.15 Å². The van der Waals surface area contributed by atoms with Gasteiger partial charge in [0, 0.05) is 17.8 Å². The number of aryl methyl sites for hydroxylation is 1. The number of nitrogens with one attached hydrogen (secondary N) is 1. The van der Waals surface area contributed by atoms with Crippen molar-refractivity contribution in [1.82, 2.24) is 10.3 Å². The molecule has 0 radical (unpaired) electrons. The number of hydrogen-bond acceptors (Lipinski definition) is 4. The Labute approximate surface area is 126 Å². The first kappa shape index (κ1) is 13.7. The van der Waals surface area contributed by atoms with Gasteiger partial charge in [-0.3, -0.25) is 4.79 Å². The molecule has 1 aromatic heterocycles. The molecule has 0 spiro atoms. The van der Waals surface area contributed by atoms with Gasteiger partial charge in [-0.2, -0.15) is 0 Å². The Morgan fingerprint density at radius 3 is 2.90 bits per heavy atom. The van der Waals surface area contributed by atoms with E-state index in [2.05, 4.69) is 10.3 Å². The van der Waals surface area contributed by atoms with Gasteiger partial charge in [0.05, 0.1) is 0 Å². The fourth-order valence-corrected chi connectivity index (χ4v) is 2.35. The third-order valence-electron chi connectivity index (χ3n) is 3.07. The van der Waals surface area contributed by atoms with E-state index in [0.29, 0.717) is 28.7 Å². The molecule has 1 aromatic carbocycles. The number of rotatable bonds is 3. The maximum Gasteiger partial charge on any atom is 0.251 e. The maximum absolute atomic E-state index is 12.1. The summed E-state index contributed by atoms with van der Waals surface area (Å²) in [7, 11) is 0. The van der Waals surface area contributed by atoms with Crippen LogP contribution in [0.25, 0.3) is 0 Å². The van der Waals surface area contributed by atoms with Gasteiger partial charge in [0.2, 0.25) is 6.79 Å². The molecule has 3 rings (SSSR count). The van der Waals surface area contributed by atoms with Gasteiger partial charge in [-0.15, -0.1) is 0 Å². The molecule has 0 unspecified atom stereocenters. The van der Waals surface area contributed by atoms with Crippen molar-refractivity contribution in [2.45, 2.75) is 13.5 Å². The fraction of sp³-hybridized carbons (Fsp3) is 0.200. The zero-order chi connectivity index (χ0) is 14.8. The lowest BCUT2D eigenvalue weighted by Gasteiger charge is -2.07. The van der Waals surface area contributed by atoms with Crippen LogP contribution in [-0.2, 0) is 6.54 Å². The first-order chi connectivity index (χ1) is 10.1. The molecule has 108 valence electrons. The standard InChI is InChI=1S/C15H13ClN2O3/c1-9-4-11(6-14(16)18-9)15(19)17-7-10-2-3-12-13(5-10)21-8-20-12/h2-6H,7-8H2,1H3,(H,17,19). The highest BCUT2D eigenvalue weighted by molar-refractivity contribution is 6.29. The Morgan fingerprint density at radius 1 is 1.29 bits per heavy atom. The van der Waals surface area contributed by atoms with E-state index in [0.717, 1.165) is 11.3 Å². The minimum absolute atomic E-state index is 0.194. The predicted octanol–water partition coefficient (Wildman–Crippen LogP) is 2.70. The molecule has 0 saturated carbocycles. The fourth-order valence-electron chi connectivity index (χ4n) is 2.09. The number of amides is 1. The lowest BCUT2D eigenvalue weighted by Crippen LogP contribution is -2.23. The molecular weight excluding hydrogens is 292 g/mol. The second-order valence-electron chi connectivity index (χ2n) is 4.69. The largest absolute Gasteiger partial charge is 0.454 e. The Kier molecular flexibility index (Phi) is 3.66. The van der Waals surface area contributed by atoms with Crippen LogP contribution < -0.4 is 14.8 Å². The minimum atomic E-state index is -0.194. The summed E-state index contributed by atoms with van der Waals surface area (Å²) in [5.41, 5.74) is 2.13. The van der Waals surface area contributed by atoms with E-state index in [1.165, 1.54) is 0 Å². The highest BCUT2D eigenvalue weighted by Crippen LogP contribution is 2.32. The predicted molar refractivity (Wildman–Crippen MR) is 77.7 cm³/mol. The van der Waals surface area contributed by atoms with E-state index in [1.54, 1.807) is 19.1 Å². The van der Waals surface area contributed by atoms with Crippen LogP contribution in [0.2, 0.25) is 5.15 Å². The summed E-state index contributed by atoms with van der Waals surface area (Å²) < 4.78 is 10.5. The van der Waals surface area contributed by atoms with Gasteiger partial charge >= 0.3 is 0 Å². The number of fused-ring (bicyclic) bond motifs is 1. The summed E-state index contributed by atoms with van der Waals surface area (Å²) in [5, 5.41) is 3.15. The Bertz CT molecular complexity index is 683. The first-order valence-corrected chi connectivity index (χ1v) is 6.80. The average molecular weight is 305 g/mol. The average Bonchev–Trinajstić information content (AvgIpc) is 2.91. The summed E-state index contributed by atoms with van der Waals surface area (Å²) >= 11 is 5.85. The zero-order valence-corrected chi connectivity index (χ0v) is 12.1. The molecule has 0 atom stereocenters. The quantitative estimate of drug-likeness (QED) is 0.886. The number of halogens is 1. The Balaban J connectivity index is 1.68. The smallest absolute Gasteiger partial charge is 0.251 e. The van der Waals surface area contributed by atoms with Crippen molar-refractivity contribution in [3.63, 3.8) is 0 Å². The van der Waals surface area contributed by atoms with Crippen molar-refractivity contribution in [1.29, 1.82) is 0 Å². The van der Waals surface area contributed by atoms with Crippen LogP contribution >= 0.6 is 11.6 Å². The number of carbonyl (C=O) groups is 1. The van der Waals surface area contributed by atoms with E-state index >= 15 is 0 Å². The molecular formula is C15H13ClN2O3. The van der Waals surface area contributed by atoms with Gasteiger partial charge < -0.3 is 14.8 Å². The van der Waals surface area contributed by atoms with Gasteiger partial charge in [-0.1, -0.05) is 17.7 Å². The van der Waals surface area contributed by atoms with Crippen molar-refractivity contribution in [2.75, 3.05) is 6.79 Å². The summed E-state index contributed by atoms with van der Waals surface area (Å²) in [6.45, 7) is 2.43. The zero-order valence-electron chi connectivity index (χ0n) is 11.4. The molecule has 1 aliphatic heterocycles. The molecule has 0 bridgehead atoms. The van der Waals surface area contributed by atoms with Crippen LogP contribution in [0.15, 0.2) is 30.3 Å². The van der Waals surface area contributed by atoms with E-state index in [9.17, 15) is 4.79 Å². The Hall–Kier alpha value is -2.27. The molecule has 2 aromatic rings. The molecule has 0 saturated heterocycles. The molecule has 21 heavy (non-hydrogen) atoms. The first-order valence-electron chi connectivity index (χ1n) is 6.43. The highest BCUT2D eigenvalue weighted by Gasteiger charge is 2.14. The van der Waals surface area contributed by atoms with E-state index in [1.807, 2.05) is 18.2 Å². The monoisotopic (exact) mass is 304 g/mol. The lowest BCUT2D eigenvalue weighted by molar-refractivity contribution is 0.0950. The molecule has 6 heteroatoms. The van der Waals surface area contributed by atoms with Gasteiger partial charge in [0.25, 0.3) is 5.91 Å². The summed E-state index contributed by atoms with van der Waals surface area (Å²) in [4.78, 5) is 16.1. The number of carbonyl (C=O) groups excluding carboxylic acids is 1. The normalized spacial score (nSPS) is 12.3. The molecule has 0 aliphatic carbocycles. The van der Waals surface area contributed by atoms with Gasteiger partial charge in [-0.25, -0.2) is 4.98 Å². The number of hydrogen-bond donors (Lipinski definition) is 1. The van der Waals surface area contributed by atoms with Crippen molar-refractivity contribution >= 4 is 17.5 Å². The van der Waals surface area contributed by atoms with E-state index in [4.69, 9.17) is 21.1 Å². The molecule has 1 N–H and O–H groups in total. The highest BCUT2D eigenvalue weighted by atomic mass is 35.5. The number of benzene rings is 1. The van der Waals surface area contributed by atoms with Crippen LogP contribution in [0.4, 0.5) is 0 Å². The molecule has 2 heterocycles. The SMILES string of the molecule is Cc1cc(C(=O)NCc2ccc3c(c2)OCO3)cc(Cl)n1. The summed E-state index contributed by atoms with van der Waals surface area (Å²) in [6, 6.07) is 8.81. The topological polar surface area (TPSA) is 60.5 Å². The van der Waals surface area contributed by atoms with Crippen LogP contribution in [0, 0.1) is 6.92 Å². The number of nitrogens with zero attached hydrogens (tertiary/aromatic N) is 1. The molecule has 1 aliphatic rings. The van der Waals surface area contributed by atoms with Crippen molar-refractivity contribution < 1.29 is 14.3 Å². The van der Waals surface area contributed by atoms with Crippen molar-refractivity contribution in [3.05, 3.63) is 52.3 Å². The number of aromatic nitrogens is 1. The number of pyridine rings is 1. The Morgan fingerprint density at radius 2 is 2.10 bits per heavy atom. The van der Waals surface area contributed by atoms with Crippen molar-refractivity contribution in [2.24, 2.45) is 0 Å². The third kappa shape index (κ3) is 3.08. The second-order valence-corrected chi connectivity index (χ2v) is 5.08. The van der Waals surface area contributed by atoms with Crippen molar-refractivity contribution in [3.8, 4) is 11.5 Å². The van der Waals surface area contributed by atoms with E-state index < -0.39 is 0 Å². The minimum Gasteiger partial charge on any atom is -0.454 e. The molecule has 1 amide bonds. The second kappa shape index (κ2) is 5.61. The maximum atomic E-state index is 12.1. The van der Waals surface area contributed by atoms with Crippen LogP contribution in [0.1, 0.15) is 21.6 Å². The molecule has 0 fully saturated rings. The van der Waals surface area contributed by atoms with Gasteiger partial charge in [0.15, 0.2) is 11.5 Å². The lowest BCUT2D eigenvalue weighted by atomic mass is 10.2. The molecule has 5 nitrogen and oxygen atoms in total. The third-order valence-corrected chi connectivity index (χ3v) is 3.27. The van der Waals surface area contributed by atoms with Crippen LogP contribution in [0.5, 0.6) is 11.5 Å². The van der Waals surface area contributed by atoms with Crippen LogP contribution in [0.3, 0.4) is 0 Å². The van der Waals surface area contributed by atoms with Crippen LogP contribution in [-0.4, -0.2) is 17.7 Å². The number of ether oxygens (including phenoxy) is 2. The summed E-state index contributed by atoms with van der Waals surface area (Å²) in [6.07, 6.45) is 0. The van der Waals surface area contributed by atoms with E-state index in [-0.39, 0.29) is 12.7 Å². The summed E-state index contributed by atoms with van der Waals surface area (Å²) in [5.74, 6) is 1.23.